The first-order valence-corrected chi connectivity index (χ1v) is 6.16. The monoisotopic (exact) mass is 264 g/mol. The number of Topliss-reactive ketones (excluding diaryl/α,β-unsaturated/α-hetero) is 1. The highest BCUT2D eigenvalue weighted by Gasteiger charge is 2.09. The Labute approximate surface area is 113 Å². The van der Waals surface area contributed by atoms with Crippen molar-refractivity contribution >= 4 is 17.4 Å². The number of methoxy groups -OCH3 is 1. The van der Waals surface area contributed by atoms with Gasteiger partial charge in [-0.25, -0.2) is 0 Å². The van der Waals surface area contributed by atoms with Crippen LogP contribution in [0.1, 0.15) is 24.2 Å². The molecule has 0 aliphatic heterocycles. The first-order chi connectivity index (χ1) is 9.04. The van der Waals surface area contributed by atoms with Gasteiger partial charge in [-0.2, -0.15) is 0 Å². The van der Waals surface area contributed by atoms with Gasteiger partial charge in [0.25, 0.3) is 0 Å². The van der Waals surface area contributed by atoms with Crippen molar-refractivity contribution in [3.05, 3.63) is 29.8 Å². The standard InChI is InChI=1S/C14H20N2O3/c1-10(9-19-3)16-14(18)8-15-13-7-5-4-6-12(13)11(2)17/h4-7,10,15H,8-9H2,1-3H3,(H,16,18). The molecule has 0 saturated carbocycles. The SMILES string of the molecule is COCC(C)NC(=O)CNc1ccccc1C(C)=O. The van der Waals surface area contributed by atoms with Crippen LogP contribution in [0.4, 0.5) is 5.69 Å². The Morgan fingerprint density at radius 3 is 2.63 bits per heavy atom. The van der Waals surface area contributed by atoms with Crippen LogP contribution >= 0.6 is 0 Å². The summed E-state index contributed by atoms with van der Waals surface area (Å²) in [5.74, 6) is -0.167. The second-order valence-electron chi connectivity index (χ2n) is 4.38. The summed E-state index contributed by atoms with van der Waals surface area (Å²) in [6.07, 6.45) is 0. The van der Waals surface area contributed by atoms with Gasteiger partial charge in [-0.1, -0.05) is 12.1 Å². The van der Waals surface area contributed by atoms with E-state index in [4.69, 9.17) is 4.74 Å². The Bertz CT molecular complexity index is 446. The Morgan fingerprint density at radius 1 is 1.32 bits per heavy atom. The lowest BCUT2D eigenvalue weighted by atomic mass is 10.1. The van der Waals surface area contributed by atoms with Crippen LogP contribution in [0.15, 0.2) is 24.3 Å². The van der Waals surface area contributed by atoms with E-state index in [1.54, 1.807) is 25.3 Å². The van der Waals surface area contributed by atoms with Crippen molar-refractivity contribution in [2.75, 3.05) is 25.6 Å². The zero-order valence-corrected chi connectivity index (χ0v) is 11.5. The average Bonchev–Trinajstić information content (AvgIpc) is 2.36. The van der Waals surface area contributed by atoms with Gasteiger partial charge < -0.3 is 15.4 Å². The van der Waals surface area contributed by atoms with Crippen LogP contribution in [0.3, 0.4) is 0 Å². The first-order valence-electron chi connectivity index (χ1n) is 6.16. The van der Waals surface area contributed by atoms with Gasteiger partial charge >= 0.3 is 0 Å². The fourth-order valence-corrected chi connectivity index (χ4v) is 1.74. The summed E-state index contributed by atoms with van der Waals surface area (Å²) < 4.78 is 4.94. The molecule has 0 aromatic heterocycles. The molecular weight excluding hydrogens is 244 g/mol. The van der Waals surface area contributed by atoms with Crippen molar-refractivity contribution < 1.29 is 14.3 Å². The van der Waals surface area contributed by atoms with Crippen molar-refractivity contribution in [2.24, 2.45) is 0 Å². The molecule has 1 unspecified atom stereocenters. The minimum atomic E-state index is -0.136. The average molecular weight is 264 g/mol. The summed E-state index contributed by atoms with van der Waals surface area (Å²) >= 11 is 0. The van der Waals surface area contributed by atoms with E-state index in [0.29, 0.717) is 17.9 Å². The highest BCUT2D eigenvalue weighted by atomic mass is 16.5. The lowest BCUT2D eigenvalue weighted by molar-refractivity contribution is -0.120. The molecule has 1 aromatic rings. The second kappa shape index (κ2) is 7.53. The number of ketones is 1. The third-order valence-electron chi connectivity index (χ3n) is 2.57. The summed E-state index contributed by atoms with van der Waals surface area (Å²) in [4.78, 5) is 23.1. The third kappa shape index (κ3) is 5.09. The maximum Gasteiger partial charge on any atom is 0.239 e. The normalized spacial score (nSPS) is 11.7. The summed E-state index contributed by atoms with van der Waals surface area (Å²) in [6.45, 7) is 3.96. The van der Waals surface area contributed by atoms with Crippen LogP contribution in [0.2, 0.25) is 0 Å². The van der Waals surface area contributed by atoms with Crippen LogP contribution in [-0.2, 0) is 9.53 Å². The van der Waals surface area contributed by atoms with E-state index in [9.17, 15) is 9.59 Å². The Balaban J connectivity index is 2.53. The van der Waals surface area contributed by atoms with Crippen LogP contribution in [0, 0.1) is 0 Å². The predicted octanol–water partition coefficient (Wildman–Crippen LogP) is 1.45. The highest BCUT2D eigenvalue weighted by Crippen LogP contribution is 2.14. The summed E-state index contributed by atoms with van der Waals surface area (Å²) in [7, 11) is 1.59. The summed E-state index contributed by atoms with van der Waals surface area (Å²) in [5.41, 5.74) is 1.25. The molecular formula is C14H20N2O3. The van der Waals surface area contributed by atoms with E-state index in [0.717, 1.165) is 0 Å². The van der Waals surface area contributed by atoms with Gasteiger partial charge in [-0.15, -0.1) is 0 Å². The van der Waals surface area contributed by atoms with Gasteiger partial charge in [0.15, 0.2) is 5.78 Å². The summed E-state index contributed by atoms with van der Waals surface area (Å²) in [6, 6.07) is 7.09. The lowest BCUT2D eigenvalue weighted by Gasteiger charge is -2.14. The molecule has 0 aliphatic rings. The lowest BCUT2D eigenvalue weighted by Crippen LogP contribution is -2.39. The highest BCUT2D eigenvalue weighted by molar-refractivity contribution is 6.00. The minimum Gasteiger partial charge on any atom is -0.383 e. The van der Waals surface area contributed by atoms with Crippen molar-refractivity contribution in [3.8, 4) is 0 Å². The number of nitrogens with one attached hydrogen (secondary N) is 2. The van der Waals surface area contributed by atoms with Gasteiger partial charge in [0.1, 0.15) is 0 Å². The molecule has 0 heterocycles. The largest absolute Gasteiger partial charge is 0.383 e. The number of ether oxygens (including phenoxy) is 1. The minimum absolute atomic E-state index is 0.0312. The number of anilines is 1. The molecule has 0 aliphatic carbocycles. The molecule has 104 valence electrons. The number of para-hydroxylation sites is 1. The molecule has 0 radical (unpaired) electrons. The van der Waals surface area contributed by atoms with Crippen LogP contribution < -0.4 is 10.6 Å². The van der Waals surface area contributed by atoms with Crippen molar-refractivity contribution in [1.29, 1.82) is 0 Å². The van der Waals surface area contributed by atoms with Gasteiger partial charge in [-0.3, -0.25) is 9.59 Å². The molecule has 5 nitrogen and oxygen atoms in total. The Kier molecular flexibility index (Phi) is 6.02. The molecule has 0 spiro atoms. The van der Waals surface area contributed by atoms with E-state index in [1.807, 2.05) is 13.0 Å². The van der Waals surface area contributed by atoms with Crippen molar-refractivity contribution in [1.82, 2.24) is 5.32 Å². The second-order valence-corrected chi connectivity index (χ2v) is 4.38. The molecule has 5 heteroatoms. The molecule has 1 amide bonds. The molecule has 0 saturated heterocycles. The summed E-state index contributed by atoms with van der Waals surface area (Å²) in [5, 5.41) is 5.76. The molecule has 1 aromatic carbocycles. The number of hydrogen-bond acceptors (Lipinski definition) is 4. The number of benzene rings is 1. The Hall–Kier alpha value is -1.88. The molecule has 1 atom stereocenters. The van der Waals surface area contributed by atoms with E-state index >= 15 is 0 Å². The van der Waals surface area contributed by atoms with Crippen molar-refractivity contribution in [3.63, 3.8) is 0 Å². The number of carbonyl (C=O) groups is 2. The zero-order chi connectivity index (χ0) is 14.3. The van der Waals surface area contributed by atoms with Gasteiger partial charge in [-0.05, 0) is 26.0 Å². The van der Waals surface area contributed by atoms with Crippen LogP contribution in [0.25, 0.3) is 0 Å². The number of rotatable bonds is 7. The van der Waals surface area contributed by atoms with Gasteiger partial charge in [0.2, 0.25) is 5.91 Å². The van der Waals surface area contributed by atoms with Crippen molar-refractivity contribution in [2.45, 2.75) is 19.9 Å². The topological polar surface area (TPSA) is 67.4 Å². The molecule has 2 N–H and O–H groups in total. The molecule has 1 rings (SSSR count). The van der Waals surface area contributed by atoms with Crippen LogP contribution in [-0.4, -0.2) is 38.0 Å². The quantitative estimate of drug-likeness (QED) is 0.731. The number of carbonyl (C=O) groups excluding carboxylic acids is 2. The maximum absolute atomic E-state index is 11.7. The Morgan fingerprint density at radius 2 is 2.00 bits per heavy atom. The fourth-order valence-electron chi connectivity index (χ4n) is 1.74. The van der Waals surface area contributed by atoms with Gasteiger partial charge in [0, 0.05) is 24.4 Å². The van der Waals surface area contributed by atoms with E-state index in [-0.39, 0.29) is 24.3 Å². The molecule has 0 bridgehead atoms. The zero-order valence-electron chi connectivity index (χ0n) is 11.5. The van der Waals surface area contributed by atoms with Gasteiger partial charge in [0.05, 0.1) is 13.2 Å². The third-order valence-corrected chi connectivity index (χ3v) is 2.57. The molecule has 0 fully saturated rings. The first kappa shape index (κ1) is 15.2. The number of hydrogen-bond donors (Lipinski definition) is 2. The van der Waals surface area contributed by atoms with Crippen LogP contribution in [0.5, 0.6) is 0 Å². The van der Waals surface area contributed by atoms with E-state index in [1.165, 1.54) is 6.92 Å². The predicted molar refractivity (Wildman–Crippen MR) is 74.4 cm³/mol. The van der Waals surface area contributed by atoms with E-state index in [2.05, 4.69) is 10.6 Å². The maximum atomic E-state index is 11.7. The fraction of sp³-hybridized carbons (Fsp3) is 0.429. The number of amides is 1. The van der Waals surface area contributed by atoms with E-state index < -0.39 is 0 Å². The smallest absolute Gasteiger partial charge is 0.239 e. The molecule has 19 heavy (non-hydrogen) atoms.